The summed E-state index contributed by atoms with van der Waals surface area (Å²) in [5.41, 5.74) is 2.11. The maximum atomic E-state index is 6.25. The first-order valence-electron chi connectivity index (χ1n) is 7.81. The molecule has 25 heavy (non-hydrogen) atoms. The van der Waals surface area contributed by atoms with Crippen LogP contribution in [0.2, 0.25) is 10.0 Å². The van der Waals surface area contributed by atoms with E-state index in [0.29, 0.717) is 22.3 Å². The minimum atomic E-state index is 0.638. The van der Waals surface area contributed by atoms with E-state index in [9.17, 15) is 0 Å². The molecule has 0 spiro atoms. The summed E-state index contributed by atoms with van der Waals surface area (Å²) in [4.78, 5) is 0. The molecule has 2 aromatic carbocycles. The fourth-order valence-electron chi connectivity index (χ4n) is 2.45. The van der Waals surface area contributed by atoms with Gasteiger partial charge in [0.25, 0.3) is 0 Å². The van der Waals surface area contributed by atoms with Crippen molar-refractivity contribution < 1.29 is 0 Å². The van der Waals surface area contributed by atoms with Gasteiger partial charge in [-0.2, -0.15) is 0 Å². The van der Waals surface area contributed by atoms with Crippen LogP contribution < -0.4 is 0 Å². The molecule has 0 saturated heterocycles. The average Bonchev–Trinajstić information content (AvgIpc) is 2.98. The van der Waals surface area contributed by atoms with Crippen LogP contribution in [0.25, 0.3) is 0 Å². The highest BCUT2D eigenvalue weighted by Crippen LogP contribution is 2.31. The Morgan fingerprint density at radius 1 is 1.00 bits per heavy atom. The van der Waals surface area contributed by atoms with Gasteiger partial charge in [0.1, 0.15) is 5.82 Å². The summed E-state index contributed by atoms with van der Waals surface area (Å²) in [6, 6.07) is 15.8. The van der Waals surface area contributed by atoms with Crippen LogP contribution in [0.15, 0.2) is 66.3 Å². The molecule has 3 rings (SSSR count). The smallest absolute Gasteiger partial charge is 0.191 e. The molecular formula is C19H17Cl2N3S. The summed E-state index contributed by atoms with van der Waals surface area (Å²) in [7, 11) is 0. The van der Waals surface area contributed by atoms with Gasteiger partial charge in [0.2, 0.25) is 0 Å². The van der Waals surface area contributed by atoms with Crippen LogP contribution in [0.1, 0.15) is 17.0 Å². The molecule has 0 saturated carbocycles. The van der Waals surface area contributed by atoms with Crippen molar-refractivity contribution in [3.05, 3.63) is 88.2 Å². The van der Waals surface area contributed by atoms with Crippen molar-refractivity contribution in [3.8, 4) is 0 Å². The van der Waals surface area contributed by atoms with E-state index < -0.39 is 0 Å². The third-order valence-corrected chi connectivity index (χ3v) is 5.42. The molecule has 0 aliphatic heterocycles. The van der Waals surface area contributed by atoms with E-state index in [-0.39, 0.29) is 0 Å². The van der Waals surface area contributed by atoms with Crippen LogP contribution in [0.5, 0.6) is 0 Å². The molecule has 0 aliphatic carbocycles. The zero-order valence-corrected chi connectivity index (χ0v) is 15.9. The lowest BCUT2D eigenvalue weighted by Gasteiger charge is -2.09. The molecule has 1 heterocycles. The lowest BCUT2D eigenvalue weighted by molar-refractivity contribution is 0.690. The highest BCUT2D eigenvalue weighted by Gasteiger charge is 2.14. The molecule has 3 nitrogen and oxygen atoms in total. The van der Waals surface area contributed by atoms with Gasteiger partial charge in [-0.05, 0) is 23.3 Å². The highest BCUT2D eigenvalue weighted by atomic mass is 35.5. The van der Waals surface area contributed by atoms with E-state index >= 15 is 0 Å². The van der Waals surface area contributed by atoms with E-state index in [1.54, 1.807) is 11.8 Å². The van der Waals surface area contributed by atoms with Crippen molar-refractivity contribution in [2.45, 2.75) is 23.9 Å². The van der Waals surface area contributed by atoms with Gasteiger partial charge >= 0.3 is 0 Å². The quantitative estimate of drug-likeness (QED) is 0.386. The second-order valence-electron chi connectivity index (χ2n) is 5.45. The third-order valence-electron chi connectivity index (χ3n) is 3.72. The van der Waals surface area contributed by atoms with Crippen LogP contribution in [0.3, 0.4) is 0 Å². The highest BCUT2D eigenvalue weighted by molar-refractivity contribution is 7.98. The van der Waals surface area contributed by atoms with Gasteiger partial charge in [-0.1, -0.05) is 77.4 Å². The van der Waals surface area contributed by atoms with E-state index in [0.717, 1.165) is 23.0 Å². The number of hydrogen-bond donors (Lipinski definition) is 0. The van der Waals surface area contributed by atoms with Gasteiger partial charge < -0.3 is 4.57 Å². The monoisotopic (exact) mass is 389 g/mol. The third kappa shape index (κ3) is 4.46. The largest absolute Gasteiger partial charge is 0.302 e. The second kappa shape index (κ2) is 8.56. The minimum Gasteiger partial charge on any atom is -0.302 e. The molecule has 0 atom stereocenters. The molecule has 0 N–H and O–H groups in total. The molecule has 0 amide bonds. The van der Waals surface area contributed by atoms with Crippen LogP contribution in [0, 0.1) is 0 Å². The lowest BCUT2D eigenvalue weighted by atomic mass is 10.1. The van der Waals surface area contributed by atoms with Crippen LogP contribution >= 0.6 is 35.0 Å². The number of thioether (sulfide) groups is 1. The molecule has 6 heteroatoms. The Kier molecular flexibility index (Phi) is 6.19. The first kappa shape index (κ1) is 18.1. The van der Waals surface area contributed by atoms with Crippen molar-refractivity contribution in [2.24, 2.45) is 0 Å². The van der Waals surface area contributed by atoms with Crippen LogP contribution in [0.4, 0.5) is 0 Å². The molecule has 3 aromatic rings. The molecule has 128 valence electrons. The van der Waals surface area contributed by atoms with E-state index in [4.69, 9.17) is 23.2 Å². The Balaban J connectivity index is 1.80. The second-order valence-corrected chi connectivity index (χ2v) is 7.21. The predicted molar refractivity (Wildman–Crippen MR) is 105 cm³/mol. The first-order valence-corrected chi connectivity index (χ1v) is 9.55. The van der Waals surface area contributed by atoms with Crippen molar-refractivity contribution in [1.82, 2.24) is 14.8 Å². The van der Waals surface area contributed by atoms with Gasteiger partial charge in [0, 0.05) is 28.8 Å². The van der Waals surface area contributed by atoms with Crippen molar-refractivity contribution in [1.29, 1.82) is 0 Å². The van der Waals surface area contributed by atoms with Crippen LogP contribution in [-0.2, 0) is 18.7 Å². The van der Waals surface area contributed by atoms with Crippen molar-refractivity contribution in [2.75, 3.05) is 0 Å². The molecular weight excluding hydrogens is 373 g/mol. The lowest BCUT2D eigenvalue weighted by Crippen LogP contribution is -2.05. The zero-order valence-electron chi connectivity index (χ0n) is 13.5. The predicted octanol–water partition coefficient (Wildman–Crippen LogP) is 5.65. The molecule has 0 aliphatic rings. The summed E-state index contributed by atoms with van der Waals surface area (Å²) < 4.78 is 2.08. The topological polar surface area (TPSA) is 30.7 Å². The summed E-state index contributed by atoms with van der Waals surface area (Å²) >= 11 is 14.1. The Morgan fingerprint density at radius 2 is 1.72 bits per heavy atom. The van der Waals surface area contributed by atoms with Gasteiger partial charge in [-0.3, -0.25) is 0 Å². The molecule has 0 fully saturated rings. The molecule has 0 unspecified atom stereocenters. The van der Waals surface area contributed by atoms with Gasteiger partial charge in [0.15, 0.2) is 5.16 Å². The number of hydrogen-bond acceptors (Lipinski definition) is 3. The number of nitrogens with zero attached hydrogens (tertiary/aromatic N) is 3. The van der Waals surface area contributed by atoms with Crippen molar-refractivity contribution in [3.63, 3.8) is 0 Å². The fourth-order valence-corrected chi connectivity index (χ4v) is 4.16. The number of halogens is 2. The Hall–Kier alpha value is -1.75. The average molecular weight is 390 g/mol. The fraction of sp³-hybridized carbons (Fsp3) is 0.158. The zero-order chi connectivity index (χ0) is 17.6. The van der Waals surface area contributed by atoms with E-state index in [1.807, 2.05) is 42.5 Å². The number of benzene rings is 2. The molecule has 0 radical (unpaired) electrons. The maximum absolute atomic E-state index is 6.25. The summed E-state index contributed by atoms with van der Waals surface area (Å²) in [6.45, 7) is 4.50. The van der Waals surface area contributed by atoms with Crippen molar-refractivity contribution >= 4 is 35.0 Å². The number of allylic oxidation sites excluding steroid dienone is 1. The van der Waals surface area contributed by atoms with E-state index in [1.165, 1.54) is 5.56 Å². The first-order chi connectivity index (χ1) is 12.2. The van der Waals surface area contributed by atoms with Crippen LogP contribution in [-0.4, -0.2) is 14.8 Å². The SMILES string of the molecule is C=CCn1c(Cc2ccccc2)nnc1SCc1c(Cl)cccc1Cl. The Morgan fingerprint density at radius 3 is 2.40 bits per heavy atom. The molecule has 1 aromatic heterocycles. The summed E-state index contributed by atoms with van der Waals surface area (Å²) in [5.74, 6) is 1.55. The maximum Gasteiger partial charge on any atom is 0.191 e. The Bertz CT molecular complexity index is 842. The summed E-state index contributed by atoms with van der Waals surface area (Å²) in [6.07, 6.45) is 2.58. The summed E-state index contributed by atoms with van der Waals surface area (Å²) in [5, 5.41) is 10.9. The number of rotatable bonds is 7. The van der Waals surface area contributed by atoms with Gasteiger partial charge in [0.05, 0.1) is 0 Å². The van der Waals surface area contributed by atoms with Gasteiger partial charge in [-0.25, -0.2) is 0 Å². The van der Waals surface area contributed by atoms with Gasteiger partial charge in [-0.15, -0.1) is 16.8 Å². The Labute approximate surface area is 161 Å². The standard InChI is InChI=1S/C19H17Cl2N3S/c1-2-11-24-18(12-14-7-4-3-5-8-14)22-23-19(24)25-13-15-16(20)9-6-10-17(15)21/h2-10H,1,11-13H2. The number of aromatic nitrogens is 3. The minimum absolute atomic E-state index is 0.638. The normalized spacial score (nSPS) is 10.8. The molecule has 0 bridgehead atoms. The van der Waals surface area contributed by atoms with E-state index in [2.05, 4.69) is 33.5 Å².